The molecule has 0 aromatic carbocycles. The van der Waals surface area contributed by atoms with Crippen LogP contribution < -0.4 is 10.5 Å². The fourth-order valence-corrected chi connectivity index (χ4v) is 2.49. The fourth-order valence-electron chi connectivity index (χ4n) is 0.675. The molecule has 0 saturated heterocycles. The van der Waals surface area contributed by atoms with Crippen LogP contribution in [0, 0.1) is 5.41 Å². The van der Waals surface area contributed by atoms with E-state index in [0.717, 1.165) is 0 Å². The van der Waals surface area contributed by atoms with Crippen molar-refractivity contribution in [1.82, 2.24) is 4.72 Å². The lowest BCUT2D eigenvalue weighted by atomic mass is 9.89. The molecule has 0 saturated carbocycles. The Morgan fingerprint density at radius 1 is 1.50 bits per heavy atom. The highest BCUT2D eigenvalue weighted by molar-refractivity contribution is 7.92. The zero-order valence-corrected chi connectivity index (χ0v) is 10.6. The molecule has 6 heteroatoms. The van der Waals surface area contributed by atoms with Gasteiger partial charge in [0.15, 0.2) is 0 Å². The summed E-state index contributed by atoms with van der Waals surface area (Å²) >= 11 is 4.55. The molecule has 0 aliphatic carbocycles. The molecular formula is C8H18N2O2S2. The van der Waals surface area contributed by atoms with Gasteiger partial charge in [0.1, 0.15) is 5.75 Å². The minimum Gasteiger partial charge on any atom is -0.392 e. The van der Waals surface area contributed by atoms with Crippen LogP contribution in [0.5, 0.6) is 0 Å². The zero-order chi connectivity index (χ0) is 11.6. The highest BCUT2D eigenvalue weighted by Gasteiger charge is 2.24. The van der Waals surface area contributed by atoms with Crippen LogP contribution in [0.3, 0.4) is 0 Å². The van der Waals surface area contributed by atoms with E-state index in [2.05, 4.69) is 16.9 Å². The normalized spacial score (nSPS) is 15.1. The number of rotatable bonds is 4. The van der Waals surface area contributed by atoms with Gasteiger partial charge in [-0.3, -0.25) is 0 Å². The van der Waals surface area contributed by atoms with E-state index in [9.17, 15) is 8.42 Å². The van der Waals surface area contributed by atoms with Gasteiger partial charge in [-0.2, -0.15) is 0 Å². The van der Waals surface area contributed by atoms with Crippen LogP contribution in [-0.4, -0.2) is 25.2 Å². The topological polar surface area (TPSA) is 72.2 Å². The smallest absolute Gasteiger partial charge is 0.218 e. The van der Waals surface area contributed by atoms with Crippen molar-refractivity contribution in [1.29, 1.82) is 0 Å². The van der Waals surface area contributed by atoms with Crippen molar-refractivity contribution in [3.63, 3.8) is 0 Å². The number of thiocarbonyl (C=S) groups is 1. The maximum Gasteiger partial charge on any atom is 0.218 e. The predicted octanol–water partition coefficient (Wildman–Crippen LogP) is 0.626. The monoisotopic (exact) mass is 238 g/mol. The summed E-state index contributed by atoms with van der Waals surface area (Å²) in [6, 6.07) is -0.151. The number of hydrogen-bond acceptors (Lipinski definition) is 3. The van der Waals surface area contributed by atoms with Crippen LogP contribution in [0.15, 0.2) is 0 Å². The first-order chi connectivity index (χ1) is 6.04. The fraction of sp³-hybridized carbons (Fsp3) is 0.875. The Bertz CT molecular complexity index is 304. The Kier molecular flexibility index (Phi) is 4.48. The number of sulfonamides is 1. The summed E-state index contributed by atoms with van der Waals surface area (Å²) in [5.74, 6) is -0.289. The van der Waals surface area contributed by atoms with Crippen molar-refractivity contribution in [2.24, 2.45) is 11.1 Å². The summed E-state index contributed by atoms with van der Waals surface area (Å²) in [4.78, 5) is -0.0152. The van der Waals surface area contributed by atoms with Gasteiger partial charge in [0.2, 0.25) is 10.0 Å². The molecule has 0 rings (SSSR count). The van der Waals surface area contributed by atoms with Crippen molar-refractivity contribution in [2.75, 3.05) is 5.75 Å². The van der Waals surface area contributed by atoms with Gasteiger partial charge >= 0.3 is 0 Å². The van der Waals surface area contributed by atoms with E-state index in [4.69, 9.17) is 5.73 Å². The Balaban J connectivity index is 4.46. The first kappa shape index (κ1) is 13.8. The van der Waals surface area contributed by atoms with Gasteiger partial charge in [0, 0.05) is 6.04 Å². The largest absolute Gasteiger partial charge is 0.392 e. The van der Waals surface area contributed by atoms with E-state index in [1.54, 1.807) is 0 Å². The van der Waals surface area contributed by atoms with Crippen LogP contribution in [0.1, 0.15) is 27.7 Å². The Morgan fingerprint density at radius 3 is 2.21 bits per heavy atom. The zero-order valence-electron chi connectivity index (χ0n) is 8.99. The third-order valence-corrected chi connectivity index (χ3v) is 3.72. The maximum atomic E-state index is 11.4. The molecule has 1 atom stereocenters. The lowest BCUT2D eigenvalue weighted by Gasteiger charge is -2.27. The van der Waals surface area contributed by atoms with Crippen LogP contribution in [0.25, 0.3) is 0 Å². The molecule has 0 bridgehead atoms. The highest BCUT2D eigenvalue weighted by atomic mass is 32.2. The molecule has 0 fully saturated rings. The molecule has 0 heterocycles. The van der Waals surface area contributed by atoms with E-state index >= 15 is 0 Å². The molecule has 0 amide bonds. The SMILES string of the molecule is CC(NS(=O)(=O)CC(N)=S)C(C)(C)C. The molecular weight excluding hydrogens is 220 g/mol. The van der Waals surface area contributed by atoms with Crippen molar-refractivity contribution < 1.29 is 8.42 Å². The van der Waals surface area contributed by atoms with E-state index in [1.165, 1.54) is 0 Å². The summed E-state index contributed by atoms with van der Waals surface area (Å²) in [6.07, 6.45) is 0. The second-order valence-electron chi connectivity index (χ2n) is 4.43. The summed E-state index contributed by atoms with van der Waals surface area (Å²) in [6.45, 7) is 7.69. The van der Waals surface area contributed by atoms with E-state index < -0.39 is 10.0 Å². The average molecular weight is 238 g/mol. The van der Waals surface area contributed by atoms with Gasteiger partial charge in [-0.15, -0.1) is 0 Å². The Morgan fingerprint density at radius 2 is 1.93 bits per heavy atom. The van der Waals surface area contributed by atoms with Crippen molar-refractivity contribution in [2.45, 2.75) is 33.7 Å². The summed E-state index contributed by atoms with van der Waals surface area (Å²) in [5, 5.41) is 0. The van der Waals surface area contributed by atoms with Gasteiger partial charge < -0.3 is 5.73 Å². The van der Waals surface area contributed by atoms with Gasteiger partial charge in [0.05, 0.1) is 4.99 Å². The van der Waals surface area contributed by atoms with Crippen LogP contribution >= 0.6 is 12.2 Å². The lowest BCUT2D eigenvalue weighted by molar-refractivity contribution is 0.318. The van der Waals surface area contributed by atoms with Crippen molar-refractivity contribution in [3.05, 3.63) is 0 Å². The third kappa shape index (κ3) is 5.51. The molecule has 4 nitrogen and oxygen atoms in total. The first-order valence-corrected chi connectivity index (χ1v) is 6.39. The average Bonchev–Trinajstić information content (AvgIpc) is 1.79. The second-order valence-corrected chi connectivity index (χ2v) is 6.71. The standard InChI is InChI=1S/C8H18N2O2S2/c1-6(8(2,3)4)10-14(11,12)5-7(9)13/h6,10H,5H2,1-4H3,(H2,9,13). The molecule has 0 spiro atoms. The van der Waals surface area contributed by atoms with Crippen LogP contribution in [-0.2, 0) is 10.0 Å². The van der Waals surface area contributed by atoms with Crippen LogP contribution in [0.4, 0.5) is 0 Å². The molecule has 84 valence electrons. The summed E-state index contributed by atoms with van der Waals surface area (Å²) in [5.41, 5.74) is 5.05. The molecule has 0 aliphatic rings. The second kappa shape index (κ2) is 4.55. The molecule has 0 aromatic heterocycles. The van der Waals surface area contributed by atoms with Gasteiger partial charge in [-0.25, -0.2) is 13.1 Å². The molecule has 1 unspecified atom stereocenters. The van der Waals surface area contributed by atoms with Crippen LogP contribution in [0.2, 0.25) is 0 Å². The Hall–Kier alpha value is -0.200. The van der Waals surface area contributed by atoms with Gasteiger partial charge in [0.25, 0.3) is 0 Å². The van der Waals surface area contributed by atoms with E-state index in [0.29, 0.717) is 0 Å². The van der Waals surface area contributed by atoms with E-state index in [-0.39, 0.29) is 22.2 Å². The van der Waals surface area contributed by atoms with E-state index in [1.807, 2.05) is 27.7 Å². The minimum absolute atomic E-state index is 0.0152. The first-order valence-electron chi connectivity index (χ1n) is 4.33. The number of nitrogens with two attached hydrogens (primary N) is 1. The third-order valence-electron chi connectivity index (χ3n) is 1.99. The minimum atomic E-state index is -3.38. The maximum absolute atomic E-state index is 11.4. The molecule has 3 N–H and O–H groups in total. The quantitative estimate of drug-likeness (QED) is 0.705. The van der Waals surface area contributed by atoms with Crippen molar-refractivity contribution >= 4 is 27.2 Å². The van der Waals surface area contributed by atoms with Crippen molar-refractivity contribution in [3.8, 4) is 0 Å². The molecule has 14 heavy (non-hydrogen) atoms. The summed E-state index contributed by atoms with van der Waals surface area (Å²) in [7, 11) is -3.38. The number of nitrogens with one attached hydrogen (secondary N) is 1. The van der Waals surface area contributed by atoms with Gasteiger partial charge in [-0.05, 0) is 12.3 Å². The molecule has 0 aliphatic heterocycles. The highest BCUT2D eigenvalue weighted by Crippen LogP contribution is 2.19. The van der Waals surface area contributed by atoms with Gasteiger partial charge in [-0.1, -0.05) is 33.0 Å². The predicted molar refractivity (Wildman–Crippen MR) is 62.6 cm³/mol. The number of hydrogen-bond donors (Lipinski definition) is 2. The summed E-state index contributed by atoms with van der Waals surface area (Å²) < 4.78 is 25.4. The molecule has 0 radical (unpaired) electrons. The molecule has 0 aromatic rings. The lowest BCUT2D eigenvalue weighted by Crippen LogP contribution is -2.44. The Labute approximate surface area is 91.3 Å².